The van der Waals surface area contributed by atoms with Gasteiger partial charge < -0.3 is 9.84 Å². The van der Waals surface area contributed by atoms with Gasteiger partial charge in [0.25, 0.3) is 0 Å². The normalized spacial score (nSPS) is 12.0. The van der Waals surface area contributed by atoms with E-state index >= 15 is 0 Å². The SMILES string of the molecule is COc1ccc(C(O)CC(=O)NO)cc1F. The van der Waals surface area contributed by atoms with E-state index in [-0.39, 0.29) is 17.7 Å². The molecule has 0 saturated heterocycles. The van der Waals surface area contributed by atoms with Crippen LogP contribution in [0.15, 0.2) is 18.2 Å². The number of hydroxylamine groups is 1. The van der Waals surface area contributed by atoms with Gasteiger partial charge >= 0.3 is 0 Å². The first-order chi connectivity index (χ1) is 7.58. The summed E-state index contributed by atoms with van der Waals surface area (Å²) < 4.78 is 18.0. The fraction of sp³-hybridized carbons (Fsp3) is 0.300. The summed E-state index contributed by atoms with van der Waals surface area (Å²) in [6.07, 6.45) is -1.52. The Morgan fingerprint density at radius 3 is 2.81 bits per heavy atom. The van der Waals surface area contributed by atoms with Crippen LogP contribution in [0.1, 0.15) is 18.1 Å². The van der Waals surface area contributed by atoms with Gasteiger partial charge in [-0.25, -0.2) is 9.87 Å². The van der Waals surface area contributed by atoms with Crippen LogP contribution in [0.25, 0.3) is 0 Å². The van der Waals surface area contributed by atoms with E-state index in [4.69, 9.17) is 9.94 Å². The van der Waals surface area contributed by atoms with Gasteiger partial charge in [0.2, 0.25) is 5.91 Å². The minimum Gasteiger partial charge on any atom is -0.494 e. The molecule has 0 aliphatic heterocycles. The van der Waals surface area contributed by atoms with Gasteiger partial charge in [-0.15, -0.1) is 0 Å². The molecular formula is C10H12FNO4. The van der Waals surface area contributed by atoms with Crippen molar-refractivity contribution in [1.29, 1.82) is 0 Å². The van der Waals surface area contributed by atoms with Crippen molar-refractivity contribution >= 4 is 5.91 Å². The van der Waals surface area contributed by atoms with Crippen LogP contribution in [0.5, 0.6) is 5.75 Å². The highest BCUT2D eigenvalue weighted by atomic mass is 19.1. The van der Waals surface area contributed by atoms with Crippen LogP contribution in [0, 0.1) is 5.82 Å². The van der Waals surface area contributed by atoms with Crippen molar-refractivity contribution in [3.8, 4) is 5.75 Å². The van der Waals surface area contributed by atoms with E-state index < -0.39 is 17.8 Å². The lowest BCUT2D eigenvalue weighted by atomic mass is 10.1. The number of rotatable bonds is 4. The molecule has 0 aliphatic carbocycles. The summed E-state index contributed by atoms with van der Waals surface area (Å²) in [5.74, 6) is -1.31. The van der Waals surface area contributed by atoms with Crippen LogP contribution in [-0.2, 0) is 4.79 Å². The van der Waals surface area contributed by atoms with Crippen LogP contribution in [0.2, 0.25) is 0 Å². The van der Waals surface area contributed by atoms with Crippen molar-refractivity contribution in [3.05, 3.63) is 29.6 Å². The lowest BCUT2D eigenvalue weighted by Crippen LogP contribution is -2.21. The van der Waals surface area contributed by atoms with Gasteiger partial charge in [-0.05, 0) is 17.7 Å². The Morgan fingerprint density at radius 2 is 2.31 bits per heavy atom. The molecule has 0 saturated carbocycles. The van der Waals surface area contributed by atoms with E-state index in [0.717, 1.165) is 6.07 Å². The van der Waals surface area contributed by atoms with Crippen molar-refractivity contribution in [1.82, 2.24) is 5.48 Å². The number of amides is 1. The third kappa shape index (κ3) is 2.91. The third-order valence-electron chi connectivity index (χ3n) is 2.06. The summed E-state index contributed by atoms with van der Waals surface area (Å²) in [5.41, 5.74) is 1.62. The molecule has 1 aromatic rings. The van der Waals surface area contributed by atoms with Gasteiger partial charge in [0.1, 0.15) is 0 Å². The van der Waals surface area contributed by atoms with Gasteiger partial charge in [-0.1, -0.05) is 6.07 Å². The number of benzene rings is 1. The molecule has 6 heteroatoms. The van der Waals surface area contributed by atoms with Crippen molar-refractivity contribution in [2.75, 3.05) is 7.11 Å². The summed E-state index contributed by atoms with van der Waals surface area (Å²) in [6, 6.07) is 3.87. The number of hydrogen-bond acceptors (Lipinski definition) is 4. The first-order valence-corrected chi connectivity index (χ1v) is 4.53. The van der Waals surface area contributed by atoms with E-state index in [0.29, 0.717) is 0 Å². The molecule has 5 nitrogen and oxygen atoms in total. The van der Waals surface area contributed by atoms with Crippen LogP contribution < -0.4 is 10.2 Å². The zero-order valence-corrected chi connectivity index (χ0v) is 8.61. The first-order valence-electron chi connectivity index (χ1n) is 4.53. The average Bonchev–Trinajstić information content (AvgIpc) is 2.28. The zero-order valence-electron chi connectivity index (χ0n) is 8.61. The largest absolute Gasteiger partial charge is 0.494 e. The van der Waals surface area contributed by atoms with Gasteiger partial charge in [-0.2, -0.15) is 0 Å². The molecule has 0 radical (unpaired) electrons. The second-order valence-electron chi connectivity index (χ2n) is 3.15. The average molecular weight is 229 g/mol. The van der Waals surface area contributed by atoms with Gasteiger partial charge in [0.15, 0.2) is 11.6 Å². The molecule has 0 fully saturated rings. The summed E-state index contributed by atoms with van der Waals surface area (Å²) in [5, 5.41) is 17.8. The summed E-state index contributed by atoms with van der Waals surface area (Å²) in [6.45, 7) is 0. The standard InChI is InChI=1S/C10H12FNO4/c1-16-9-3-2-6(4-7(9)11)8(13)5-10(14)12-15/h2-4,8,13,15H,5H2,1H3,(H,12,14). The molecule has 0 heterocycles. The van der Waals surface area contributed by atoms with Crippen LogP contribution >= 0.6 is 0 Å². The lowest BCUT2D eigenvalue weighted by Gasteiger charge is -2.10. The van der Waals surface area contributed by atoms with Crippen molar-refractivity contribution in [2.45, 2.75) is 12.5 Å². The number of nitrogens with one attached hydrogen (secondary N) is 1. The van der Waals surface area contributed by atoms with Crippen molar-refractivity contribution in [2.24, 2.45) is 0 Å². The first kappa shape index (κ1) is 12.4. The predicted molar refractivity (Wildman–Crippen MR) is 52.5 cm³/mol. The highest BCUT2D eigenvalue weighted by molar-refractivity contribution is 5.75. The number of carbonyl (C=O) groups is 1. The molecule has 0 spiro atoms. The molecular weight excluding hydrogens is 217 g/mol. The van der Waals surface area contributed by atoms with Gasteiger partial charge in [-0.3, -0.25) is 10.0 Å². The maximum absolute atomic E-state index is 13.2. The van der Waals surface area contributed by atoms with E-state index in [1.807, 2.05) is 0 Å². The number of aliphatic hydroxyl groups is 1. The Bertz CT molecular complexity index is 383. The fourth-order valence-corrected chi connectivity index (χ4v) is 1.23. The molecule has 88 valence electrons. The second kappa shape index (κ2) is 5.43. The number of ether oxygens (including phenoxy) is 1. The lowest BCUT2D eigenvalue weighted by molar-refractivity contribution is -0.131. The van der Waals surface area contributed by atoms with E-state index in [1.165, 1.54) is 24.7 Å². The summed E-state index contributed by atoms with van der Waals surface area (Å²) in [4.78, 5) is 10.8. The number of methoxy groups -OCH3 is 1. The summed E-state index contributed by atoms with van der Waals surface area (Å²) in [7, 11) is 1.33. The van der Waals surface area contributed by atoms with Crippen LogP contribution in [-0.4, -0.2) is 23.3 Å². The molecule has 1 atom stereocenters. The number of hydrogen-bond donors (Lipinski definition) is 3. The summed E-state index contributed by atoms with van der Waals surface area (Å²) >= 11 is 0. The second-order valence-corrected chi connectivity index (χ2v) is 3.15. The van der Waals surface area contributed by atoms with E-state index in [2.05, 4.69) is 0 Å². The molecule has 16 heavy (non-hydrogen) atoms. The minimum atomic E-state index is -1.17. The molecule has 1 rings (SSSR count). The maximum atomic E-state index is 13.2. The Morgan fingerprint density at radius 1 is 1.62 bits per heavy atom. The molecule has 0 bridgehead atoms. The molecule has 1 unspecified atom stereocenters. The maximum Gasteiger partial charge on any atom is 0.246 e. The number of halogens is 1. The molecule has 0 aliphatic rings. The topological polar surface area (TPSA) is 78.8 Å². The quantitative estimate of drug-likeness (QED) is 0.526. The smallest absolute Gasteiger partial charge is 0.246 e. The van der Waals surface area contributed by atoms with Crippen LogP contribution in [0.4, 0.5) is 4.39 Å². The minimum absolute atomic E-state index is 0.0579. The molecule has 1 amide bonds. The van der Waals surface area contributed by atoms with E-state index in [1.54, 1.807) is 0 Å². The van der Waals surface area contributed by atoms with Crippen molar-refractivity contribution in [3.63, 3.8) is 0 Å². The Balaban J connectivity index is 2.80. The Labute approximate surface area is 91.4 Å². The number of aliphatic hydroxyl groups excluding tert-OH is 1. The molecule has 0 aromatic heterocycles. The Hall–Kier alpha value is -1.66. The monoisotopic (exact) mass is 229 g/mol. The fourth-order valence-electron chi connectivity index (χ4n) is 1.23. The van der Waals surface area contributed by atoms with Crippen LogP contribution in [0.3, 0.4) is 0 Å². The van der Waals surface area contributed by atoms with Crippen molar-refractivity contribution < 1.29 is 24.2 Å². The zero-order chi connectivity index (χ0) is 12.1. The van der Waals surface area contributed by atoms with Gasteiger partial charge in [0, 0.05) is 0 Å². The van der Waals surface area contributed by atoms with E-state index in [9.17, 15) is 14.3 Å². The Kier molecular flexibility index (Phi) is 4.21. The molecule has 1 aromatic carbocycles. The molecule has 3 N–H and O–H groups in total. The third-order valence-corrected chi connectivity index (χ3v) is 2.06. The highest BCUT2D eigenvalue weighted by Crippen LogP contribution is 2.23. The highest BCUT2D eigenvalue weighted by Gasteiger charge is 2.14. The predicted octanol–water partition coefficient (Wildman–Crippen LogP) is 0.763. The number of carbonyl (C=O) groups excluding carboxylic acids is 1. The van der Waals surface area contributed by atoms with Gasteiger partial charge in [0.05, 0.1) is 19.6 Å².